The monoisotopic (exact) mass is 328 g/mol. The summed E-state index contributed by atoms with van der Waals surface area (Å²) in [6.45, 7) is 3.74. The third kappa shape index (κ3) is 2.23. The summed E-state index contributed by atoms with van der Waals surface area (Å²) in [4.78, 5) is 8.41. The highest BCUT2D eigenvalue weighted by Crippen LogP contribution is 2.29. The topological polar surface area (TPSA) is 113 Å². The number of nitrogens with zero attached hydrogens (tertiary/aromatic N) is 7. The molecule has 0 amide bonds. The van der Waals surface area contributed by atoms with Gasteiger partial charge in [0.2, 0.25) is 5.16 Å². The third-order valence-electron chi connectivity index (χ3n) is 3.31. The van der Waals surface area contributed by atoms with Crippen molar-refractivity contribution in [2.75, 3.05) is 5.84 Å². The Morgan fingerprint density at radius 1 is 1.26 bits per heavy atom. The van der Waals surface area contributed by atoms with Gasteiger partial charge in [0.25, 0.3) is 5.78 Å². The van der Waals surface area contributed by atoms with E-state index in [0.29, 0.717) is 16.8 Å². The fraction of sp³-hybridized carbons (Fsp3) is 0.154. The van der Waals surface area contributed by atoms with E-state index < -0.39 is 0 Å². The van der Waals surface area contributed by atoms with Gasteiger partial charge in [0.15, 0.2) is 5.82 Å². The Bertz CT molecular complexity index is 1000. The lowest BCUT2D eigenvalue weighted by Gasteiger charge is -2.05. The van der Waals surface area contributed by atoms with Gasteiger partial charge in [-0.25, -0.2) is 9.66 Å². The summed E-state index contributed by atoms with van der Waals surface area (Å²) in [5.41, 5.74) is 1.64. The van der Waals surface area contributed by atoms with Crippen LogP contribution in [-0.2, 0) is 0 Å². The maximum Gasteiger partial charge on any atom is 0.253 e. The van der Waals surface area contributed by atoms with Gasteiger partial charge < -0.3 is 10.3 Å². The fourth-order valence-electron chi connectivity index (χ4n) is 2.21. The Kier molecular flexibility index (Phi) is 3.05. The minimum atomic E-state index is 0.529. The summed E-state index contributed by atoms with van der Waals surface area (Å²) in [6, 6.07) is 3.70. The van der Waals surface area contributed by atoms with Crippen molar-refractivity contribution in [3.63, 3.8) is 0 Å². The molecule has 0 aromatic carbocycles. The lowest BCUT2D eigenvalue weighted by molar-refractivity contribution is 0.535. The lowest BCUT2D eigenvalue weighted by Crippen LogP contribution is -2.12. The van der Waals surface area contributed by atoms with E-state index in [0.717, 1.165) is 22.0 Å². The number of furan rings is 1. The van der Waals surface area contributed by atoms with Crippen LogP contribution in [0.5, 0.6) is 0 Å². The molecule has 0 bridgehead atoms. The van der Waals surface area contributed by atoms with E-state index in [2.05, 4.69) is 25.3 Å². The van der Waals surface area contributed by atoms with Gasteiger partial charge in [-0.2, -0.15) is 14.6 Å². The Balaban J connectivity index is 1.76. The first-order valence-electron chi connectivity index (χ1n) is 6.73. The number of hydrogen-bond acceptors (Lipinski definition) is 8. The van der Waals surface area contributed by atoms with Crippen molar-refractivity contribution in [2.24, 2.45) is 0 Å². The van der Waals surface area contributed by atoms with Gasteiger partial charge >= 0.3 is 0 Å². The summed E-state index contributed by atoms with van der Waals surface area (Å²) in [5, 5.41) is 13.8. The first kappa shape index (κ1) is 13.8. The van der Waals surface area contributed by atoms with E-state index >= 15 is 0 Å². The van der Waals surface area contributed by atoms with Gasteiger partial charge in [0.05, 0.1) is 11.8 Å². The lowest BCUT2D eigenvalue weighted by atomic mass is 10.2. The largest absolute Gasteiger partial charge is 0.469 e. The van der Waals surface area contributed by atoms with Crippen molar-refractivity contribution < 1.29 is 4.42 Å². The molecule has 4 aromatic rings. The summed E-state index contributed by atoms with van der Waals surface area (Å²) >= 11 is 1.34. The van der Waals surface area contributed by atoms with Crippen molar-refractivity contribution in [1.82, 2.24) is 34.5 Å². The van der Waals surface area contributed by atoms with E-state index in [1.807, 2.05) is 26.0 Å². The quantitative estimate of drug-likeness (QED) is 0.444. The van der Waals surface area contributed by atoms with Gasteiger partial charge in [0, 0.05) is 5.69 Å². The van der Waals surface area contributed by atoms with Crippen LogP contribution in [0.2, 0.25) is 0 Å². The van der Waals surface area contributed by atoms with Gasteiger partial charge in [-0.3, -0.25) is 0 Å². The average Bonchev–Trinajstić information content (AvgIpc) is 3.21. The van der Waals surface area contributed by atoms with Crippen LogP contribution in [-0.4, -0.2) is 34.5 Å². The molecule has 0 unspecified atom stereocenters. The van der Waals surface area contributed by atoms with Crippen molar-refractivity contribution >= 4 is 17.5 Å². The first-order valence-corrected chi connectivity index (χ1v) is 7.55. The molecule has 0 saturated heterocycles. The van der Waals surface area contributed by atoms with E-state index in [1.165, 1.54) is 22.8 Å². The van der Waals surface area contributed by atoms with Crippen molar-refractivity contribution in [3.05, 3.63) is 36.2 Å². The van der Waals surface area contributed by atoms with E-state index in [4.69, 9.17) is 10.3 Å². The van der Waals surface area contributed by atoms with Crippen LogP contribution in [0.4, 0.5) is 0 Å². The molecule has 4 aromatic heterocycles. The van der Waals surface area contributed by atoms with Crippen LogP contribution in [0.25, 0.3) is 17.2 Å². The predicted octanol–water partition coefficient (Wildman–Crippen LogP) is 1.46. The molecule has 10 heteroatoms. The van der Waals surface area contributed by atoms with Gasteiger partial charge in [-0.1, -0.05) is 0 Å². The number of hydrogen-bond donors (Lipinski definition) is 1. The molecule has 4 rings (SSSR count). The number of nitrogens with two attached hydrogens (primary N) is 1. The molecule has 116 valence electrons. The second kappa shape index (κ2) is 5.09. The maximum absolute atomic E-state index is 6.14. The molecule has 0 aliphatic heterocycles. The molecule has 0 aliphatic rings. The van der Waals surface area contributed by atoms with Crippen LogP contribution in [0.1, 0.15) is 11.5 Å². The molecular formula is C13H12N8OS. The molecule has 9 nitrogen and oxygen atoms in total. The maximum atomic E-state index is 6.14. The predicted molar refractivity (Wildman–Crippen MR) is 82.3 cm³/mol. The summed E-state index contributed by atoms with van der Waals surface area (Å²) < 4.78 is 8.36. The van der Waals surface area contributed by atoms with Gasteiger partial charge in [-0.05, 0) is 37.7 Å². The Morgan fingerprint density at radius 2 is 2.13 bits per heavy atom. The van der Waals surface area contributed by atoms with Crippen LogP contribution in [0.3, 0.4) is 0 Å². The molecule has 0 saturated carbocycles. The Hall–Kier alpha value is -2.88. The second-order valence-corrected chi connectivity index (χ2v) is 5.86. The highest BCUT2D eigenvalue weighted by atomic mass is 32.2. The molecule has 0 spiro atoms. The minimum absolute atomic E-state index is 0.529. The molecule has 23 heavy (non-hydrogen) atoms. The number of aryl methyl sites for hydroxylation is 2. The fourth-order valence-corrected chi connectivity index (χ4v) is 3.11. The Labute approximate surface area is 134 Å². The molecule has 4 heterocycles. The van der Waals surface area contributed by atoms with Gasteiger partial charge in [-0.15, -0.1) is 10.2 Å². The number of fused-ring (bicyclic) bond motifs is 1. The number of nitrogen functional groups attached to an aromatic ring is 1. The zero-order valence-corrected chi connectivity index (χ0v) is 13.2. The molecule has 2 N–H and O–H groups in total. The normalized spacial score (nSPS) is 11.4. The Morgan fingerprint density at radius 3 is 2.91 bits per heavy atom. The standard InChI is InChI=1S/C13H12N8OS/c1-7-5-10(21-12(17-7)15-6-16-21)23-13-19-18-11(20(13)14)9-3-4-22-8(9)2/h3-6H,14H2,1-2H3. The zero-order valence-electron chi connectivity index (χ0n) is 12.3. The highest BCUT2D eigenvalue weighted by Gasteiger charge is 2.17. The summed E-state index contributed by atoms with van der Waals surface area (Å²) in [7, 11) is 0. The van der Waals surface area contributed by atoms with Crippen molar-refractivity contribution in [3.8, 4) is 11.4 Å². The average molecular weight is 328 g/mol. The number of aromatic nitrogens is 7. The molecule has 0 atom stereocenters. The SMILES string of the molecule is Cc1cc(Sc2nnc(-c3ccoc3C)n2N)n2ncnc2n1. The van der Waals surface area contributed by atoms with Crippen LogP contribution < -0.4 is 5.84 Å². The molecule has 0 radical (unpaired) electrons. The minimum Gasteiger partial charge on any atom is -0.469 e. The summed E-state index contributed by atoms with van der Waals surface area (Å²) in [6.07, 6.45) is 3.05. The molecular weight excluding hydrogens is 316 g/mol. The van der Waals surface area contributed by atoms with Crippen LogP contribution in [0, 0.1) is 13.8 Å². The van der Waals surface area contributed by atoms with Crippen LogP contribution >= 0.6 is 11.8 Å². The van der Waals surface area contributed by atoms with E-state index in [9.17, 15) is 0 Å². The highest BCUT2D eigenvalue weighted by molar-refractivity contribution is 7.99. The van der Waals surface area contributed by atoms with Gasteiger partial charge in [0.1, 0.15) is 17.1 Å². The van der Waals surface area contributed by atoms with Crippen molar-refractivity contribution in [1.29, 1.82) is 0 Å². The molecule has 0 fully saturated rings. The van der Waals surface area contributed by atoms with Crippen molar-refractivity contribution in [2.45, 2.75) is 24.0 Å². The van der Waals surface area contributed by atoms with Crippen LogP contribution in [0.15, 0.2) is 39.3 Å². The number of rotatable bonds is 3. The second-order valence-electron chi connectivity index (χ2n) is 4.88. The molecule has 0 aliphatic carbocycles. The third-order valence-corrected chi connectivity index (χ3v) is 4.27. The smallest absolute Gasteiger partial charge is 0.253 e. The van der Waals surface area contributed by atoms with E-state index in [-0.39, 0.29) is 0 Å². The zero-order chi connectivity index (χ0) is 16.0. The van der Waals surface area contributed by atoms with E-state index in [1.54, 1.807) is 10.8 Å². The first-order chi connectivity index (χ1) is 11.1. The summed E-state index contributed by atoms with van der Waals surface area (Å²) in [5.74, 6) is 7.94.